The summed E-state index contributed by atoms with van der Waals surface area (Å²) in [5, 5.41) is 7.42. The molecule has 0 aliphatic carbocycles. The van der Waals surface area contributed by atoms with Crippen LogP contribution in [0.25, 0.3) is 0 Å². The van der Waals surface area contributed by atoms with E-state index in [1.807, 2.05) is 0 Å². The van der Waals surface area contributed by atoms with Gasteiger partial charge < -0.3 is 5.11 Å². The van der Waals surface area contributed by atoms with E-state index in [9.17, 15) is 0 Å². The summed E-state index contributed by atoms with van der Waals surface area (Å²) in [4.78, 5) is 9.00. The Morgan fingerprint density at radius 3 is 1.44 bits per heavy atom. The Morgan fingerprint density at radius 2 is 1.44 bits per heavy atom. The standard InChI is InChI=1S/C4H10.C2H4O2.Zn/c1-3-4-2;1-2(3)4;/h3-4H2,1-2H3;1H3,(H,3,4);. The smallest absolute Gasteiger partial charge is 0.300 e. The Hall–Kier alpha value is 0.0934. The number of unbranched alkanes of at least 4 members (excludes halogenated alkanes) is 1. The summed E-state index contributed by atoms with van der Waals surface area (Å²) >= 11 is 0. The van der Waals surface area contributed by atoms with Crippen LogP contribution in [0.5, 0.6) is 0 Å². The Labute approximate surface area is 69.4 Å². The Morgan fingerprint density at radius 1 is 1.33 bits per heavy atom. The maximum absolute atomic E-state index is 9.00. The van der Waals surface area contributed by atoms with E-state index in [0.29, 0.717) is 0 Å². The second-order valence-corrected chi connectivity index (χ2v) is 1.52. The van der Waals surface area contributed by atoms with E-state index in [0.717, 1.165) is 6.92 Å². The second kappa shape index (κ2) is 15.7. The minimum Gasteiger partial charge on any atom is -0.481 e. The first kappa shape index (κ1) is 16.0. The first-order chi connectivity index (χ1) is 3.65. The molecule has 9 heavy (non-hydrogen) atoms. The molecule has 0 aromatic rings. The van der Waals surface area contributed by atoms with Crippen LogP contribution in [0.4, 0.5) is 0 Å². The van der Waals surface area contributed by atoms with Crippen LogP contribution in [0.15, 0.2) is 0 Å². The predicted octanol–water partition coefficient (Wildman–Crippen LogP) is 1.89. The molecule has 1 N–H and O–H groups in total. The van der Waals surface area contributed by atoms with Crippen LogP contribution < -0.4 is 0 Å². The van der Waals surface area contributed by atoms with Crippen molar-refractivity contribution in [3.05, 3.63) is 0 Å². The average molecular weight is 184 g/mol. The number of carbonyl (C=O) groups is 1. The molecule has 2 nitrogen and oxygen atoms in total. The number of carboxylic acids is 1. The van der Waals surface area contributed by atoms with E-state index in [4.69, 9.17) is 9.90 Å². The van der Waals surface area contributed by atoms with Gasteiger partial charge in [0, 0.05) is 26.4 Å². The van der Waals surface area contributed by atoms with Gasteiger partial charge in [0.05, 0.1) is 0 Å². The molecule has 0 aliphatic heterocycles. The zero-order valence-electron chi connectivity index (χ0n) is 6.48. The summed E-state index contributed by atoms with van der Waals surface area (Å²) in [6.07, 6.45) is 2.64. The van der Waals surface area contributed by atoms with Gasteiger partial charge in [-0.25, -0.2) is 0 Å². The molecule has 0 radical (unpaired) electrons. The molecule has 0 aromatic carbocycles. The predicted molar refractivity (Wildman–Crippen MR) is 33.9 cm³/mol. The molecule has 0 atom stereocenters. The van der Waals surface area contributed by atoms with Crippen molar-refractivity contribution in [1.29, 1.82) is 0 Å². The summed E-state index contributed by atoms with van der Waals surface area (Å²) in [7, 11) is 0. The van der Waals surface area contributed by atoms with Crippen molar-refractivity contribution in [2.45, 2.75) is 33.6 Å². The maximum atomic E-state index is 9.00. The van der Waals surface area contributed by atoms with Crippen LogP contribution in [0, 0.1) is 0 Å². The van der Waals surface area contributed by atoms with Gasteiger partial charge >= 0.3 is 0 Å². The summed E-state index contributed by atoms with van der Waals surface area (Å²) in [6, 6.07) is 0. The van der Waals surface area contributed by atoms with E-state index in [-0.39, 0.29) is 19.5 Å². The van der Waals surface area contributed by atoms with Crippen molar-refractivity contribution in [2.75, 3.05) is 0 Å². The fraction of sp³-hybridized carbons (Fsp3) is 0.833. The topological polar surface area (TPSA) is 37.3 Å². The number of carboxylic acid groups (broad SMARTS) is 1. The van der Waals surface area contributed by atoms with Gasteiger partial charge in [-0.1, -0.05) is 26.7 Å². The van der Waals surface area contributed by atoms with Crippen LogP contribution in [0.1, 0.15) is 33.6 Å². The van der Waals surface area contributed by atoms with E-state index in [1.54, 1.807) is 0 Å². The van der Waals surface area contributed by atoms with Gasteiger partial charge in [0.1, 0.15) is 0 Å². The van der Waals surface area contributed by atoms with E-state index in [1.165, 1.54) is 12.8 Å². The van der Waals surface area contributed by atoms with Crippen molar-refractivity contribution in [2.24, 2.45) is 0 Å². The van der Waals surface area contributed by atoms with Crippen LogP contribution >= 0.6 is 0 Å². The van der Waals surface area contributed by atoms with E-state index in [2.05, 4.69) is 13.8 Å². The van der Waals surface area contributed by atoms with Gasteiger partial charge in [0.2, 0.25) is 0 Å². The molecule has 0 saturated carbocycles. The van der Waals surface area contributed by atoms with Crippen molar-refractivity contribution >= 4 is 5.97 Å². The number of hydrogen-bond donors (Lipinski definition) is 1. The molecule has 0 saturated heterocycles. The van der Waals surface area contributed by atoms with Gasteiger partial charge in [-0.15, -0.1) is 0 Å². The molecular weight excluding hydrogens is 169 g/mol. The van der Waals surface area contributed by atoms with Gasteiger partial charge in [0.25, 0.3) is 5.97 Å². The molecule has 3 heteroatoms. The van der Waals surface area contributed by atoms with E-state index < -0.39 is 5.97 Å². The zero-order valence-corrected chi connectivity index (χ0v) is 9.44. The molecule has 0 bridgehead atoms. The third-order valence-corrected chi connectivity index (χ3v) is 0.500. The van der Waals surface area contributed by atoms with E-state index >= 15 is 0 Å². The van der Waals surface area contributed by atoms with Gasteiger partial charge in [-0.05, 0) is 0 Å². The van der Waals surface area contributed by atoms with Crippen molar-refractivity contribution in [3.63, 3.8) is 0 Å². The van der Waals surface area contributed by atoms with Crippen molar-refractivity contribution in [1.82, 2.24) is 0 Å². The minimum absolute atomic E-state index is 0. The SMILES string of the molecule is CC(=O)O.CCCC.[Zn]. The molecule has 0 aromatic heterocycles. The Balaban J connectivity index is -0.0000000720. The molecule has 0 unspecified atom stereocenters. The molecule has 0 spiro atoms. The fourth-order valence-corrected chi connectivity index (χ4v) is 0. The summed E-state index contributed by atoms with van der Waals surface area (Å²) in [6.45, 7) is 5.44. The number of hydrogen-bond acceptors (Lipinski definition) is 1. The third kappa shape index (κ3) is 251. The summed E-state index contributed by atoms with van der Waals surface area (Å²) in [5.74, 6) is -0.833. The monoisotopic (exact) mass is 182 g/mol. The molecule has 0 fully saturated rings. The van der Waals surface area contributed by atoms with Crippen LogP contribution in [-0.4, -0.2) is 11.1 Å². The molecule has 0 aliphatic rings. The Kier molecular flexibility index (Phi) is 28.0. The van der Waals surface area contributed by atoms with Crippen molar-refractivity contribution < 1.29 is 29.4 Å². The minimum atomic E-state index is -0.833. The second-order valence-electron chi connectivity index (χ2n) is 1.52. The number of rotatable bonds is 1. The third-order valence-electron chi connectivity index (χ3n) is 0.500. The molecule has 0 amide bonds. The summed E-state index contributed by atoms with van der Waals surface area (Å²) < 4.78 is 0. The van der Waals surface area contributed by atoms with Crippen LogP contribution in [0.3, 0.4) is 0 Å². The first-order valence-corrected chi connectivity index (χ1v) is 2.84. The number of aliphatic carboxylic acids is 1. The van der Waals surface area contributed by atoms with Crippen molar-refractivity contribution in [3.8, 4) is 0 Å². The van der Waals surface area contributed by atoms with Gasteiger partial charge in [-0.2, -0.15) is 0 Å². The average Bonchev–Trinajstić information content (AvgIpc) is 1.65. The van der Waals surface area contributed by atoms with Gasteiger partial charge in [-0.3, -0.25) is 4.79 Å². The first-order valence-electron chi connectivity index (χ1n) is 2.84. The normalized spacial score (nSPS) is 6.11. The largest absolute Gasteiger partial charge is 0.481 e. The molecule has 52 valence electrons. The molecule has 0 heterocycles. The quantitative estimate of drug-likeness (QED) is 0.631. The Bertz CT molecular complexity index is 49.0. The maximum Gasteiger partial charge on any atom is 0.300 e. The van der Waals surface area contributed by atoms with Crippen LogP contribution in [0.2, 0.25) is 0 Å². The molecular formula is C6H14O2Zn. The summed E-state index contributed by atoms with van der Waals surface area (Å²) in [5.41, 5.74) is 0. The molecule has 0 rings (SSSR count). The van der Waals surface area contributed by atoms with Crippen LogP contribution in [-0.2, 0) is 24.3 Å². The van der Waals surface area contributed by atoms with Gasteiger partial charge in [0.15, 0.2) is 0 Å². The fourth-order valence-electron chi connectivity index (χ4n) is 0. The zero-order chi connectivity index (χ0) is 6.99.